The molecular weight excluding hydrogens is 440 g/mol. The quantitative estimate of drug-likeness (QED) is 0.349. The highest BCUT2D eigenvalue weighted by molar-refractivity contribution is 6.23. The van der Waals surface area contributed by atoms with Crippen molar-refractivity contribution in [2.75, 3.05) is 5.32 Å². The first-order valence-electron chi connectivity index (χ1n) is 11.1. The van der Waals surface area contributed by atoms with E-state index in [1.54, 1.807) is 24.3 Å². The Balaban J connectivity index is 1.57. The lowest BCUT2D eigenvalue weighted by Gasteiger charge is -2.22. The van der Waals surface area contributed by atoms with Crippen molar-refractivity contribution in [1.29, 1.82) is 0 Å². The maximum absolute atomic E-state index is 14.0. The van der Waals surface area contributed by atoms with Gasteiger partial charge in [-0.3, -0.25) is 4.79 Å². The summed E-state index contributed by atoms with van der Waals surface area (Å²) < 4.78 is 1.50. The molecule has 1 aliphatic heterocycles. The lowest BCUT2D eigenvalue weighted by atomic mass is 9.92. The van der Waals surface area contributed by atoms with Gasteiger partial charge in [-0.2, -0.15) is 19.9 Å². The summed E-state index contributed by atoms with van der Waals surface area (Å²) in [5.41, 5.74) is 6.13. The Labute approximate surface area is 200 Å². The molecule has 8 nitrogen and oxygen atoms in total. The number of hydrogen-bond donors (Lipinski definition) is 3. The van der Waals surface area contributed by atoms with Crippen LogP contribution in [-0.2, 0) is 6.42 Å². The van der Waals surface area contributed by atoms with Gasteiger partial charge in [0.05, 0.1) is 11.3 Å². The van der Waals surface area contributed by atoms with Crippen molar-refractivity contribution >= 4 is 17.4 Å². The molecule has 170 valence electrons. The Kier molecular flexibility index (Phi) is 4.96. The zero-order chi connectivity index (χ0) is 23.8. The van der Waals surface area contributed by atoms with Crippen LogP contribution in [0.4, 0.5) is 5.95 Å². The maximum Gasteiger partial charge on any atom is 0.280 e. The lowest BCUT2D eigenvalue weighted by molar-refractivity contribution is 0.0958. The second-order valence-corrected chi connectivity index (χ2v) is 8.16. The van der Waals surface area contributed by atoms with E-state index >= 15 is 0 Å². The summed E-state index contributed by atoms with van der Waals surface area (Å²) in [4.78, 5) is 18.1. The number of carbonyl (C=O) groups excluding carboxylic acids is 1. The molecule has 2 aromatic heterocycles. The van der Waals surface area contributed by atoms with Crippen molar-refractivity contribution < 1.29 is 9.90 Å². The van der Waals surface area contributed by atoms with Gasteiger partial charge in [0.1, 0.15) is 17.8 Å². The number of aromatic nitrogens is 5. The molecule has 8 heteroatoms. The minimum atomic E-state index is -0.265. The van der Waals surface area contributed by atoms with Crippen molar-refractivity contribution in [3.05, 3.63) is 108 Å². The minimum absolute atomic E-state index is 0.125. The number of nitrogens with one attached hydrogen (secondary N) is 2. The van der Waals surface area contributed by atoms with Crippen LogP contribution in [0.25, 0.3) is 28.0 Å². The Morgan fingerprint density at radius 3 is 2.20 bits per heavy atom. The Hall–Kier alpha value is -4.98. The third kappa shape index (κ3) is 3.67. The molecule has 0 fully saturated rings. The fourth-order valence-corrected chi connectivity index (χ4v) is 4.42. The number of aromatic amines is 1. The summed E-state index contributed by atoms with van der Waals surface area (Å²) in [6.07, 6.45) is 1.81. The summed E-state index contributed by atoms with van der Waals surface area (Å²) >= 11 is 0. The van der Waals surface area contributed by atoms with Gasteiger partial charge in [0, 0.05) is 23.2 Å². The van der Waals surface area contributed by atoms with Crippen molar-refractivity contribution in [3.63, 3.8) is 0 Å². The van der Waals surface area contributed by atoms with Crippen LogP contribution in [0.5, 0.6) is 5.75 Å². The van der Waals surface area contributed by atoms with E-state index in [4.69, 9.17) is 5.10 Å². The second-order valence-electron chi connectivity index (χ2n) is 8.16. The van der Waals surface area contributed by atoms with E-state index in [0.717, 1.165) is 28.1 Å². The van der Waals surface area contributed by atoms with E-state index in [1.165, 1.54) is 11.0 Å². The molecule has 0 aliphatic carbocycles. The van der Waals surface area contributed by atoms with Crippen LogP contribution < -0.4 is 5.32 Å². The summed E-state index contributed by atoms with van der Waals surface area (Å²) in [5.74, 6) is 0.291. The van der Waals surface area contributed by atoms with Crippen molar-refractivity contribution in [2.45, 2.75) is 6.42 Å². The van der Waals surface area contributed by atoms with Gasteiger partial charge in [-0.05, 0) is 23.3 Å². The molecule has 0 unspecified atom stereocenters. The van der Waals surface area contributed by atoms with Crippen LogP contribution >= 0.6 is 0 Å². The number of H-pyrrole nitrogens is 1. The van der Waals surface area contributed by atoms with Crippen LogP contribution in [0.2, 0.25) is 0 Å². The van der Waals surface area contributed by atoms with Crippen molar-refractivity contribution in [2.24, 2.45) is 0 Å². The monoisotopic (exact) mass is 460 g/mol. The van der Waals surface area contributed by atoms with Gasteiger partial charge >= 0.3 is 0 Å². The second kappa shape index (κ2) is 8.42. The fraction of sp³-hybridized carbons (Fsp3) is 0.0370. The molecule has 3 N–H and O–H groups in total. The normalized spacial score (nSPS) is 13.1. The minimum Gasteiger partial charge on any atom is -0.508 e. The largest absolute Gasteiger partial charge is 0.508 e. The Morgan fingerprint density at radius 1 is 0.857 bits per heavy atom. The number of benzene rings is 3. The molecule has 1 aliphatic rings. The molecule has 0 bridgehead atoms. The average Bonchev–Trinajstić information content (AvgIpc) is 3.54. The third-order valence-corrected chi connectivity index (χ3v) is 5.98. The molecule has 0 saturated carbocycles. The number of phenolic OH excluding ortho intramolecular Hbond substituents is 1. The van der Waals surface area contributed by atoms with Gasteiger partial charge in [-0.15, -0.1) is 0 Å². The molecule has 35 heavy (non-hydrogen) atoms. The predicted molar refractivity (Wildman–Crippen MR) is 132 cm³/mol. The highest BCUT2D eigenvalue weighted by atomic mass is 16.3. The van der Waals surface area contributed by atoms with E-state index in [2.05, 4.69) is 20.5 Å². The molecule has 3 heterocycles. The first-order chi connectivity index (χ1) is 17.2. The summed E-state index contributed by atoms with van der Waals surface area (Å²) in [6, 6.07) is 26.4. The highest BCUT2D eigenvalue weighted by Crippen LogP contribution is 2.39. The summed E-state index contributed by atoms with van der Waals surface area (Å²) in [5, 5.41) is 24.6. The summed E-state index contributed by atoms with van der Waals surface area (Å²) in [6.45, 7) is 0. The van der Waals surface area contributed by atoms with E-state index in [-0.39, 0.29) is 11.7 Å². The predicted octanol–water partition coefficient (Wildman–Crippen LogP) is 4.76. The number of hydrogen-bond acceptors (Lipinski definition) is 6. The topological polar surface area (TPSA) is 109 Å². The van der Waals surface area contributed by atoms with Gasteiger partial charge in [0.25, 0.3) is 5.91 Å². The number of nitrogens with zero attached hydrogens (tertiary/aromatic N) is 4. The van der Waals surface area contributed by atoms with Crippen LogP contribution in [0.3, 0.4) is 0 Å². The van der Waals surface area contributed by atoms with Crippen molar-refractivity contribution in [3.8, 4) is 28.1 Å². The summed E-state index contributed by atoms with van der Waals surface area (Å²) in [7, 11) is 0. The first-order valence-corrected chi connectivity index (χ1v) is 11.1. The lowest BCUT2D eigenvalue weighted by Crippen LogP contribution is -2.26. The standard InChI is InChI=1S/C27H20N6O2/c34-20-13-11-18(12-14-20)23-21(30-27-28-16-29-31-27)15-22-24(17-7-3-1-4-8-17)25(32-33(22)26(23)35)19-9-5-2-6-10-19/h1-14,16,34H,15H2,(H2,28,29,30,31). The number of anilines is 1. The zero-order valence-corrected chi connectivity index (χ0v) is 18.5. The molecule has 0 radical (unpaired) electrons. The highest BCUT2D eigenvalue weighted by Gasteiger charge is 2.33. The van der Waals surface area contributed by atoms with E-state index < -0.39 is 0 Å². The smallest absolute Gasteiger partial charge is 0.280 e. The van der Waals surface area contributed by atoms with Gasteiger partial charge in [0.2, 0.25) is 5.95 Å². The number of fused-ring (bicyclic) bond motifs is 1. The fourth-order valence-electron chi connectivity index (χ4n) is 4.42. The maximum atomic E-state index is 14.0. The third-order valence-electron chi connectivity index (χ3n) is 5.98. The van der Waals surface area contributed by atoms with E-state index in [1.807, 2.05) is 60.7 Å². The molecule has 5 aromatic rings. The average molecular weight is 460 g/mol. The zero-order valence-electron chi connectivity index (χ0n) is 18.5. The van der Waals surface area contributed by atoms with Crippen molar-refractivity contribution in [1.82, 2.24) is 25.0 Å². The van der Waals surface area contributed by atoms with Crippen LogP contribution in [0.15, 0.2) is 97.0 Å². The first kappa shape index (κ1) is 20.6. The Bertz CT molecular complexity index is 1540. The van der Waals surface area contributed by atoms with Crippen LogP contribution in [0, 0.1) is 0 Å². The number of carbonyl (C=O) groups is 1. The van der Waals surface area contributed by atoms with E-state index in [0.29, 0.717) is 29.2 Å². The molecule has 0 atom stereocenters. The SMILES string of the molecule is O=C1C(c2ccc(O)cc2)=C(Nc2ncn[nH]2)Cc2c(-c3ccccc3)c(-c3ccccc3)nn21. The number of rotatable bonds is 5. The van der Waals surface area contributed by atoms with Gasteiger partial charge in [-0.25, -0.2) is 5.10 Å². The molecule has 6 rings (SSSR count). The molecular formula is C27H20N6O2. The molecule has 0 amide bonds. The van der Waals surface area contributed by atoms with Gasteiger partial charge < -0.3 is 10.4 Å². The van der Waals surface area contributed by atoms with Crippen LogP contribution in [0.1, 0.15) is 16.1 Å². The number of allylic oxidation sites excluding steroid dienone is 2. The van der Waals surface area contributed by atoms with Gasteiger partial charge in [-0.1, -0.05) is 72.8 Å². The van der Waals surface area contributed by atoms with E-state index in [9.17, 15) is 9.90 Å². The molecule has 0 saturated heterocycles. The van der Waals surface area contributed by atoms with Gasteiger partial charge in [0.15, 0.2) is 0 Å². The molecule has 3 aromatic carbocycles. The number of phenols is 1. The molecule has 0 spiro atoms. The van der Waals surface area contributed by atoms with Crippen LogP contribution in [-0.4, -0.2) is 36.0 Å². The number of aromatic hydroxyl groups is 1. The Morgan fingerprint density at radius 2 is 1.54 bits per heavy atom.